The first-order chi connectivity index (χ1) is 6.70. The second-order valence-corrected chi connectivity index (χ2v) is 3.41. The number of hydrogen-bond acceptors (Lipinski definition) is 5. The van der Waals surface area contributed by atoms with E-state index in [9.17, 15) is 10.2 Å². The lowest BCUT2D eigenvalue weighted by Crippen LogP contribution is -2.34. The first-order valence-electron chi connectivity index (χ1n) is 4.98. The van der Waals surface area contributed by atoms with Gasteiger partial charge in [-0.05, 0) is 13.5 Å². The Balaban J connectivity index is 2.32. The molecule has 0 aromatic carbocycles. The van der Waals surface area contributed by atoms with E-state index in [1.165, 1.54) is 0 Å². The van der Waals surface area contributed by atoms with Crippen LogP contribution < -0.4 is 5.32 Å². The van der Waals surface area contributed by atoms with Crippen molar-refractivity contribution in [3.05, 3.63) is 0 Å². The Kier molecular flexibility index (Phi) is 4.77. The molecule has 5 nitrogen and oxygen atoms in total. The highest BCUT2D eigenvalue weighted by Crippen LogP contribution is 2.23. The van der Waals surface area contributed by atoms with Gasteiger partial charge in [0.1, 0.15) is 12.2 Å². The smallest absolute Gasteiger partial charge is 0.186 e. The Morgan fingerprint density at radius 2 is 2.07 bits per heavy atom. The first kappa shape index (κ1) is 11.9. The maximum absolute atomic E-state index is 9.54. The SMILES string of the molecule is CCC1O[C@@H](OCCNC)[C@H](O)[C@@H]1O. The maximum Gasteiger partial charge on any atom is 0.186 e. The highest BCUT2D eigenvalue weighted by Gasteiger charge is 2.42. The normalized spacial score (nSPS) is 37.7. The van der Waals surface area contributed by atoms with E-state index in [0.29, 0.717) is 19.6 Å². The van der Waals surface area contributed by atoms with E-state index in [4.69, 9.17) is 9.47 Å². The minimum atomic E-state index is -0.934. The van der Waals surface area contributed by atoms with Gasteiger partial charge in [-0.15, -0.1) is 0 Å². The second-order valence-electron chi connectivity index (χ2n) is 3.41. The van der Waals surface area contributed by atoms with Crippen molar-refractivity contribution >= 4 is 0 Å². The van der Waals surface area contributed by atoms with Gasteiger partial charge in [-0.25, -0.2) is 0 Å². The zero-order valence-electron chi connectivity index (χ0n) is 8.64. The maximum atomic E-state index is 9.54. The van der Waals surface area contributed by atoms with Crippen molar-refractivity contribution in [1.29, 1.82) is 0 Å². The molecule has 84 valence electrons. The minimum Gasteiger partial charge on any atom is -0.387 e. The molecule has 1 fully saturated rings. The zero-order valence-corrected chi connectivity index (χ0v) is 8.64. The van der Waals surface area contributed by atoms with Crippen LogP contribution in [0.25, 0.3) is 0 Å². The van der Waals surface area contributed by atoms with Crippen LogP contribution in [0.15, 0.2) is 0 Å². The summed E-state index contributed by atoms with van der Waals surface area (Å²) >= 11 is 0. The Hall–Kier alpha value is -0.200. The molecule has 5 heteroatoms. The quantitative estimate of drug-likeness (QED) is 0.506. The minimum absolute atomic E-state index is 0.315. The molecule has 0 amide bonds. The molecule has 0 bridgehead atoms. The van der Waals surface area contributed by atoms with Gasteiger partial charge in [0.15, 0.2) is 6.29 Å². The fourth-order valence-corrected chi connectivity index (χ4v) is 1.47. The van der Waals surface area contributed by atoms with Gasteiger partial charge >= 0.3 is 0 Å². The number of aliphatic hydroxyl groups excluding tert-OH is 2. The standard InChI is InChI=1S/C9H19NO4/c1-3-6-7(11)8(12)9(14-6)13-5-4-10-2/h6-12H,3-5H2,1-2H3/t6?,7-,8-,9-/m1/s1. The predicted molar refractivity (Wildman–Crippen MR) is 50.8 cm³/mol. The topological polar surface area (TPSA) is 71.0 Å². The molecule has 1 unspecified atom stereocenters. The van der Waals surface area contributed by atoms with Gasteiger partial charge in [0, 0.05) is 6.54 Å². The van der Waals surface area contributed by atoms with E-state index < -0.39 is 18.5 Å². The van der Waals surface area contributed by atoms with Crippen LogP contribution in [0.5, 0.6) is 0 Å². The Morgan fingerprint density at radius 1 is 1.36 bits per heavy atom. The van der Waals surface area contributed by atoms with E-state index in [2.05, 4.69) is 5.32 Å². The Morgan fingerprint density at radius 3 is 2.57 bits per heavy atom. The van der Waals surface area contributed by atoms with Crippen molar-refractivity contribution in [3.63, 3.8) is 0 Å². The fraction of sp³-hybridized carbons (Fsp3) is 1.00. The highest BCUT2D eigenvalue weighted by molar-refractivity contribution is 4.85. The summed E-state index contributed by atoms with van der Waals surface area (Å²) in [5, 5.41) is 22.0. The molecular formula is C9H19NO4. The fourth-order valence-electron chi connectivity index (χ4n) is 1.47. The molecule has 1 rings (SSSR count). The van der Waals surface area contributed by atoms with E-state index in [-0.39, 0.29) is 6.10 Å². The summed E-state index contributed by atoms with van der Waals surface area (Å²) in [6.45, 7) is 3.05. The number of ether oxygens (including phenoxy) is 2. The van der Waals surface area contributed by atoms with Crippen LogP contribution in [0.4, 0.5) is 0 Å². The largest absolute Gasteiger partial charge is 0.387 e. The lowest BCUT2D eigenvalue weighted by Gasteiger charge is -2.15. The molecule has 4 atom stereocenters. The van der Waals surface area contributed by atoms with E-state index in [1.54, 1.807) is 0 Å². The Labute approximate surface area is 84.0 Å². The lowest BCUT2D eigenvalue weighted by molar-refractivity contribution is -0.164. The molecule has 0 aliphatic carbocycles. The molecule has 1 aliphatic rings. The molecule has 1 heterocycles. The highest BCUT2D eigenvalue weighted by atomic mass is 16.7. The molecule has 0 spiro atoms. The number of likely N-dealkylation sites (N-methyl/N-ethyl adjacent to an activating group) is 1. The van der Waals surface area contributed by atoms with Crippen LogP contribution in [0.1, 0.15) is 13.3 Å². The summed E-state index contributed by atoms with van der Waals surface area (Å²) in [5.41, 5.74) is 0. The van der Waals surface area contributed by atoms with Gasteiger partial charge in [0.2, 0.25) is 0 Å². The van der Waals surface area contributed by atoms with Gasteiger partial charge in [0.05, 0.1) is 12.7 Å². The van der Waals surface area contributed by atoms with Gasteiger partial charge in [0.25, 0.3) is 0 Å². The summed E-state index contributed by atoms with van der Waals surface area (Å²) in [7, 11) is 1.82. The van der Waals surface area contributed by atoms with Crippen LogP contribution in [-0.2, 0) is 9.47 Å². The molecule has 0 aromatic heterocycles. The van der Waals surface area contributed by atoms with Crippen molar-refractivity contribution in [2.24, 2.45) is 0 Å². The lowest BCUT2D eigenvalue weighted by atomic mass is 10.1. The van der Waals surface area contributed by atoms with Crippen LogP contribution in [0.3, 0.4) is 0 Å². The molecule has 1 aliphatic heterocycles. The van der Waals surface area contributed by atoms with Crippen molar-refractivity contribution in [2.45, 2.75) is 37.9 Å². The predicted octanol–water partition coefficient (Wildman–Crippen LogP) is -0.921. The Bertz CT molecular complexity index is 167. The number of nitrogens with one attached hydrogen (secondary N) is 1. The molecule has 14 heavy (non-hydrogen) atoms. The van der Waals surface area contributed by atoms with Crippen LogP contribution in [0.2, 0.25) is 0 Å². The second kappa shape index (κ2) is 5.63. The third-order valence-electron chi connectivity index (χ3n) is 2.36. The first-order valence-corrected chi connectivity index (χ1v) is 4.98. The monoisotopic (exact) mass is 205 g/mol. The number of hydrogen-bond donors (Lipinski definition) is 3. The third-order valence-corrected chi connectivity index (χ3v) is 2.36. The summed E-state index contributed by atoms with van der Waals surface area (Å²) in [6, 6.07) is 0. The van der Waals surface area contributed by atoms with Crippen molar-refractivity contribution < 1.29 is 19.7 Å². The molecular weight excluding hydrogens is 186 g/mol. The summed E-state index contributed by atoms with van der Waals surface area (Å²) < 4.78 is 10.6. The van der Waals surface area contributed by atoms with Crippen LogP contribution >= 0.6 is 0 Å². The summed E-state index contributed by atoms with van der Waals surface area (Å²) in [6.07, 6.45) is -2.10. The molecule has 0 radical (unpaired) electrons. The van der Waals surface area contributed by atoms with E-state index >= 15 is 0 Å². The van der Waals surface area contributed by atoms with Crippen molar-refractivity contribution in [2.75, 3.05) is 20.2 Å². The molecule has 3 N–H and O–H groups in total. The van der Waals surface area contributed by atoms with E-state index in [0.717, 1.165) is 0 Å². The molecule has 0 saturated carbocycles. The van der Waals surface area contributed by atoms with Gasteiger partial charge in [-0.2, -0.15) is 0 Å². The zero-order chi connectivity index (χ0) is 10.6. The molecule has 1 saturated heterocycles. The van der Waals surface area contributed by atoms with Crippen molar-refractivity contribution in [3.8, 4) is 0 Å². The van der Waals surface area contributed by atoms with Gasteiger partial charge in [-0.1, -0.05) is 6.92 Å². The van der Waals surface area contributed by atoms with Crippen molar-refractivity contribution in [1.82, 2.24) is 5.32 Å². The summed E-state index contributed by atoms with van der Waals surface area (Å²) in [5.74, 6) is 0. The van der Waals surface area contributed by atoms with Crippen LogP contribution in [-0.4, -0.2) is 55.0 Å². The van der Waals surface area contributed by atoms with Crippen LogP contribution in [0, 0.1) is 0 Å². The summed E-state index contributed by atoms with van der Waals surface area (Å²) in [4.78, 5) is 0. The average Bonchev–Trinajstić information content (AvgIpc) is 2.46. The third kappa shape index (κ3) is 2.65. The number of aliphatic hydroxyl groups is 2. The molecule has 0 aromatic rings. The number of rotatable bonds is 5. The van der Waals surface area contributed by atoms with E-state index in [1.807, 2.05) is 14.0 Å². The van der Waals surface area contributed by atoms with Gasteiger partial charge in [-0.3, -0.25) is 0 Å². The van der Waals surface area contributed by atoms with Gasteiger partial charge < -0.3 is 25.0 Å². The average molecular weight is 205 g/mol.